The van der Waals surface area contributed by atoms with Crippen LogP contribution in [-0.4, -0.2) is 61.0 Å². The van der Waals surface area contributed by atoms with Crippen LogP contribution in [0, 0.1) is 0 Å². The van der Waals surface area contributed by atoms with Crippen molar-refractivity contribution in [2.24, 2.45) is 5.73 Å². The average molecular weight is 528 g/mol. The molecule has 37 heavy (non-hydrogen) atoms. The summed E-state index contributed by atoms with van der Waals surface area (Å²) in [6.07, 6.45) is -2.35. The number of hydrogen-bond acceptors (Lipinski definition) is 11. The Labute approximate surface area is 216 Å². The normalized spacial score (nSPS) is 13.9. The Kier molecular flexibility index (Phi) is 13.8. The zero-order valence-corrected chi connectivity index (χ0v) is 21.9. The Morgan fingerprint density at radius 1 is 0.838 bits per heavy atom. The Hall–Kier alpha value is -3.54. The maximum absolute atomic E-state index is 12.1. The molecule has 12 heteroatoms. The number of ether oxygens (including phenoxy) is 6. The standard InChI is InChI=1S/C25H37NO11/c1-6-11-32-23(29)36-19-10-9-17(14-20(19)37-24(30)33-12-7-2)18(21(26)22(27)28)13-16(5)35-25(31)34-15(4)8-3/h9-10,14-16,18,21H,6-8,11-13,26H2,1-5H3,(H,27,28)/t15?,16?,18?,21-/m0/s1. The maximum atomic E-state index is 12.1. The highest BCUT2D eigenvalue weighted by Gasteiger charge is 2.30. The van der Waals surface area contributed by atoms with Crippen LogP contribution in [0.25, 0.3) is 0 Å². The summed E-state index contributed by atoms with van der Waals surface area (Å²) in [4.78, 5) is 47.8. The fourth-order valence-corrected chi connectivity index (χ4v) is 3.04. The molecule has 0 aromatic heterocycles. The van der Waals surface area contributed by atoms with Crippen LogP contribution in [0.15, 0.2) is 18.2 Å². The number of rotatable bonds is 14. The number of benzene rings is 1. The van der Waals surface area contributed by atoms with Gasteiger partial charge in [-0.05, 0) is 57.2 Å². The van der Waals surface area contributed by atoms with Crippen LogP contribution in [0.1, 0.15) is 71.8 Å². The van der Waals surface area contributed by atoms with Crippen molar-refractivity contribution in [3.8, 4) is 11.5 Å². The number of carbonyl (C=O) groups is 4. The Morgan fingerprint density at radius 2 is 1.38 bits per heavy atom. The van der Waals surface area contributed by atoms with Gasteiger partial charge in [0.2, 0.25) is 0 Å². The van der Waals surface area contributed by atoms with Crippen molar-refractivity contribution in [2.45, 2.75) is 84.5 Å². The number of nitrogens with two attached hydrogens (primary N) is 1. The lowest BCUT2D eigenvalue weighted by Crippen LogP contribution is -2.38. The van der Waals surface area contributed by atoms with Gasteiger partial charge in [-0.2, -0.15) is 0 Å². The summed E-state index contributed by atoms with van der Waals surface area (Å²) in [5, 5.41) is 9.58. The van der Waals surface area contributed by atoms with E-state index in [2.05, 4.69) is 0 Å². The first-order chi connectivity index (χ1) is 17.5. The molecular weight excluding hydrogens is 490 g/mol. The van der Waals surface area contributed by atoms with E-state index in [1.54, 1.807) is 27.7 Å². The van der Waals surface area contributed by atoms with Crippen LogP contribution in [0.2, 0.25) is 0 Å². The van der Waals surface area contributed by atoms with Gasteiger partial charge in [0, 0.05) is 5.92 Å². The molecule has 0 aliphatic rings. The van der Waals surface area contributed by atoms with Gasteiger partial charge in [-0.1, -0.05) is 26.8 Å². The Morgan fingerprint density at radius 3 is 1.89 bits per heavy atom. The number of carboxylic acid groups (broad SMARTS) is 1. The molecule has 1 rings (SSSR count). The van der Waals surface area contributed by atoms with Crippen molar-refractivity contribution in [3.05, 3.63) is 23.8 Å². The first-order valence-corrected chi connectivity index (χ1v) is 12.2. The number of aliphatic carboxylic acids is 1. The average Bonchev–Trinajstić information content (AvgIpc) is 2.85. The van der Waals surface area contributed by atoms with Crippen LogP contribution in [0.5, 0.6) is 11.5 Å². The predicted octanol–water partition coefficient (Wildman–Crippen LogP) is 4.76. The fourth-order valence-electron chi connectivity index (χ4n) is 3.04. The van der Waals surface area contributed by atoms with Gasteiger partial charge >= 0.3 is 24.4 Å². The number of carboxylic acids is 1. The summed E-state index contributed by atoms with van der Waals surface area (Å²) in [5.41, 5.74) is 6.28. The summed E-state index contributed by atoms with van der Waals surface area (Å²) in [5.74, 6) is -2.55. The fraction of sp³-hybridized carbons (Fsp3) is 0.600. The Balaban J connectivity index is 3.25. The maximum Gasteiger partial charge on any atom is 0.513 e. The van der Waals surface area contributed by atoms with Crippen LogP contribution in [0.3, 0.4) is 0 Å². The zero-order chi connectivity index (χ0) is 28.0. The van der Waals surface area contributed by atoms with Crippen molar-refractivity contribution < 1.29 is 52.7 Å². The molecule has 0 heterocycles. The van der Waals surface area contributed by atoms with E-state index in [0.717, 1.165) is 0 Å². The smallest absolute Gasteiger partial charge is 0.480 e. The van der Waals surface area contributed by atoms with Crippen molar-refractivity contribution >= 4 is 24.4 Å². The zero-order valence-electron chi connectivity index (χ0n) is 21.9. The van der Waals surface area contributed by atoms with Gasteiger partial charge in [0.25, 0.3) is 0 Å². The molecule has 0 radical (unpaired) electrons. The molecule has 0 fully saturated rings. The third kappa shape index (κ3) is 11.4. The monoisotopic (exact) mass is 527 g/mol. The minimum atomic E-state index is -1.40. The number of hydrogen-bond donors (Lipinski definition) is 2. The lowest BCUT2D eigenvalue weighted by molar-refractivity contribution is -0.139. The SMILES string of the molecule is CCCOC(=O)Oc1ccc(C(CC(C)OC(=O)OC(C)CC)[C@H](N)C(=O)O)cc1OC(=O)OCCC. The van der Waals surface area contributed by atoms with Crippen molar-refractivity contribution in [2.75, 3.05) is 13.2 Å². The predicted molar refractivity (Wildman–Crippen MR) is 131 cm³/mol. The van der Waals surface area contributed by atoms with Crippen LogP contribution in [-0.2, 0) is 23.7 Å². The van der Waals surface area contributed by atoms with E-state index in [0.29, 0.717) is 24.8 Å². The summed E-state index contributed by atoms with van der Waals surface area (Å²) in [7, 11) is 0. The molecule has 3 N–H and O–H groups in total. The van der Waals surface area contributed by atoms with Crippen molar-refractivity contribution in [1.29, 1.82) is 0 Å². The summed E-state index contributed by atoms with van der Waals surface area (Å²) in [6, 6.07) is 2.69. The highest BCUT2D eigenvalue weighted by atomic mass is 16.7. The van der Waals surface area contributed by atoms with Crippen molar-refractivity contribution in [1.82, 2.24) is 0 Å². The Bertz CT molecular complexity index is 905. The molecule has 0 amide bonds. The van der Waals surface area contributed by atoms with Gasteiger partial charge in [-0.15, -0.1) is 0 Å². The molecule has 0 aliphatic carbocycles. The second-order valence-corrected chi connectivity index (χ2v) is 8.33. The molecule has 0 bridgehead atoms. The molecule has 12 nitrogen and oxygen atoms in total. The van der Waals surface area contributed by atoms with E-state index in [4.69, 9.17) is 34.2 Å². The summed E-state index contributed by atoms with van der Waals surface area (Å²) >= 11 is 0. The van der Waals surface area contributed by atoms with Crippen molar-refractivity contribution in [3.63, 3.8) is 0 Å². The molecule has 0 saturated heterocycles. The van der Waals surface area contributed by atoms with Crippen LogP contribution in [0.4, 0.5) is 14.4 Å². The first kappa shape index (κ1) is 31.5. The largest absolute Gasteiger partial charge is 0.513 e. The molecule has 1 aromatic carbocycles. The topological polar surface area (TPSA) is 170 Å². The van der Waals surface area contributed by atoms with Gasteiger partial charge < -0.3 is 39.3 Å². The highest BCUT2D eigenvalue weighted by molar-refractivity contribution is 5.75. The van der Waals surface area contributed by atoms with Crippen LogP contribution < -0.4 is 15.2 Å². The minimum absolute atomic E-state index is 0.00153. The molecule has 208 valence electrons. The molecule has 1 aromatic rings. The first-order valence-electron chi connectivity index (χ1n) is 12.2. The molecule has 4 atom stereocenters. The summed E-state index contributed by atoms with van der Waals surface area (Å²) < 4.78 is 30.6. The summed E-state index contributed by atoms with van der Waals surface area (Å²) in [6.45, 7) is 8.95. The lowest BCUT2D eigenvalue weighted by atomic mass is 9.87. The quantitative estimate of drug-likeness (QED) is 0.193. The molecular formula is C25H37NO11. The molecule has 3 unspecified atom stereocenters. The van der Waals surface area contributed by atoms with Gasteiger partial charge in [-0.25, -0.2) is 14.4 Å². The van der Waals surface area contributed by atoms with Gasteiger partial charge in [0.05, 0.1) is 13.2 Å². The number of carbonyl (C=O) groups excluding carboxylic acids is 3. The lowest BCUT2D eigenvalue weighted by Gasteiger charge is -2.25. The van der Waals surface area contributed by atoms with Gasteiger partial charge in [-0.3, -0.25) is 4.79 Å². The highest BCUT2D eigenvalue weighted by Crippen LogP contribution is 2.35. The minimum Gasteiger partial charge on any atom is -0.480 e. The van der Waals surface area contributed by atoms with Crippen LogP contribution >= 0.6 is 0 Å². The third-order valence-electron chi connectivity index (χ3n) is 5.10. The van der Waals surface area contributed by atoms with E-state index in [1.807, 2.05) is 6.92 Å². The third-order valence-corrected chi connectivity index (χ3v) is 5.10. The van der Waals surface area contributed by atoms with Gasteiger partial charge in [0.15, 0.2) is 11.5 Å². The van der Waals surface area contributed by atoms with E-state index < -0.39 is 42.5 Å². The molecule has 0 aliphatic heterocycles. The van der Waals surface area contributed by atoms with E-state index in [-0.39, 0.29) is 37.2 Å². The van der Waals surface area contributed by atoms with Gasteiger partial charge in [0.1, 0.15) is 18.2 Å². The van der Waals surface area contributed by atoms with E-state index in [1.165, 1.54) is 18.2 Å². The van der Waals surface area contributed by atoms with E-state index in [9.17, 15) is 24.3 Å². The molecule has 0 saturated carbocycles. The second kappa shape index (κ2) is 16.3. The second-order valence-electron chi connectivity index (χ2n) is 8.33. The van der Waals surface area contributed by atoms with E-state index >= 15 is 0 Å². The molecule has 0 spiro atoms.